The van der Waals surface area contributed by atoms with E-state index < -0.39 is 0 Å². The highest BCUT2D eigenvalue weighted by molar-refractivity contribution is 6.36. The zero-order chi connectivity index (χ0) is 19.2. The summed E-state index contributed by atoms with van der Waals surface area (Å²) in [7, 11) is 1.57. The van der Waals surface area contributed by atoms with Crippen LogP contribution in [0.3, 0.4) is 0 Å². The van der Waals surface area contributed by atoms with E-state index in [1.807, 2.05) is 18.2 Å². The second kappa shape index (κ2) is 8.98. The largest absolute Gasteiger partial charge is 0.493 e. The van der Waals surface area contributed by atoms with E-state index >= 15 is 0 Å². The van der Waals surface area contributed by atoms with Gasteiger partial charge in [-0.3, -0.25) is 0 Å². The maximum atomic E-state index is 13.7. The van der Waals surface area contributed by atoms with Crippen LogP contribution in [0.25, 0.3) is 0 Å². The highest BCUT2D eigenvalue weighted by Crippen LogP contribution is 2.30. The molecule has 3 aromatic rings. The number of ether oxygens (including phenoxy) is 2. The van der Waals surface area contributed by atoms with Gasteiger partial charge in [0.25, 0.3) is 0 Å². The van der Waals surface area contributed by atoms with Gasteiger partial charge >= 0.3 is 0 Å². The molecule has 140 valence electrons. The molecule has 0 saturated heterocycles. The van der Waals surface area contributed by atoms with Gasteiger partial charge in [0.05, 0.1) is 17.8 Å². The average Bonchev–Trinajstić information content (AvgIpc) is 2.67. The van der Waals surface area contributed by atoms with Crippen molar-refractivity contribution in [3.05, 3.63) is 87.7 Å². The SMILES string of the molecule is COc1cc(CNc2ccc(Cl)cc2Cl)ccc1OCc1ccccc1F. The summed E-state index contributed by atoms with van der Waals surface area (Å²) >= 11 is 12.1. The minimum atomic E-state index is -0.294. The van der Waals surface area contributed by atoms with E-state index in [4.69, 9.17) is 32.7 Å². The van der Waals surface area contributed by atoms with Crippen LogP contribution in [0.2, 0.25) is 10.0 Å². The van der Waals surface area contributed by atoms with Gasteiger partial charge in [-0.2, -0.15) is 0 Å². The van der Waals surface area contributed by atoms with Gasteiger partial charge in [0.2, 0.25) is 0 Å². The molecule has 0 heterocycles. The maximum absolute atomic E-state index is 13.7. The monoisotopic (exact) mass is 405 g/mol. The molecule has 0 aromatic heterocycles. The molecule has 0 bridgehead atoms. The molecule has 3 rings (SSSR count). The molecule has 0 amide bonds. The summed E-state index contributed by atoms with van der Waals surface area (Å²) in [5.41, 5.74) is 2.26. The van der Waals surface area contributed by atoms with Crippen LogP contribution in [-0.4, -0.2) is 7.11 Å². The highest BCUT2D eigenvalue weighted by atomic mass is 35.5. The van der Waals surface area contributed by atoms with Crippen molar-refractivity contribution in [2.24, 2.45) is 0 Å². The van der Waals surface area contributed by atoms with Crippen molar-refractivity contribution < 1.29 is 13.9 Å². The van der Waals surface area contributed by atoms with Gasteiger partial charge in [0.15, 0.2) is 11.5 Å². The van der Waals surface area contributed by atoms with Crippen molar-refractivity contribution >= 4 is 28.9 Å². The van der Waals surface area contributed by atoms with Crippen molar-refractivity contribution in [3.63, 3.8) is 0 Å². The maximum Gasteiger partial charge on any atom is 0.161 e. The molecule has 27 heavy (non-hydrogen) atoms. The number of benzene rings is 3. The fourth-order valence-electron chi connectivity index (χ4n) is 2.54. The van der Waals surface area contributed by atoms with E-state index in [0.717, 1.165) is 11.3 Å². The zero-order valence-corrected chi connectivity index (χ0v) is 16.1. The zero-order valence-electron chi connectivity index (χ0n) is 14.6. The smallest absolute Gasteiger partial charge is 0.161 e. The second-order valence-corrected chi connectivity index (χ2v) is 6.69. The van der Waals surface area contributed by atoms with E-state index in [2.05, 4.69) is 5.32 Å². The fraction of sp³-hybridized carbons (Fsp3) is 0.143. The Labute approximate surface area is 167 Å². The Kier molecular flexibility index (Phi) is 6.43. The Morgan fingerprint density at radius 3 is 2.52 bits per heavy atom. The van der Waals surface area contributed by atoms with Gasteiger partial charge in [0.1, 0.15) is 12.4 Å². The first-order valence-corrected chi connectivity index (χ1v) is 9.04. The number of hydrogen-bond acceptors (Lipinski definition) is 3. The van der Waals surface area contributed by atoms with Crippen LogP contribution in [0.15, 0.2) is 60.7 Å². The number of methoxy groups -OCH3 is 1. The Balaban J connectivity index is 1.67. The van der Waals surface area contributed by atoms with Crippen molar-refractivity contribution in [2.45, 2.75) is 13.2 Å². The first kappa shape index (κ1) is 19.3. The van der Waals surface area contributed by atoms with E-state index in [1.54, 1.807) is 43.5 Å². The molecule has 0 aliphatic carbocycles. The molecule has 3 aromatic carbocycles. The lowest BCUT2D eigenvalue weighted by Crippen LogP contribution is -2.03. The Hall–Kier alpha value is -2.43. The number of anilines is 1. The molecule has 0 fully saturated rings. The van der Waals surface area contributed by atoms with Gasteiger partial charge in [0, 0.05) is 17.1 Å². The second-order valence-electron chi connectivity index (χ2n) is 5.84. The van der Waals surface area contributed by atoms with Crippen LogP contribution in [0.1, 0.15) is 11.1 Å². The third-order valence-electron chi connectivity index (χ3n) is 3.98. The molecular weight excluding hydrogens is 388 g/mol. The fourth-order valence-corrected chi connectivity index (χ4v) is 3.02. The standard InChI is InChI=1S/C21H18Cl2FNO2/c1-26-21-10-14(12-25-19-8-7-16(22)11-17(19)23)6-9-20(21)27-13-15-4-2-3-5-18(15)24/h2-11,25H,12-13H2,1H3. The summed E-state index contributed by atoms with van der Waals surface area (Å²) in [6.45, 7) is 0.673. The lowest BCUT2D eigenvalue weighted by Gasteiger charge is -2.14. The molecule has 1 N–H and O–H groups in total. The first-order valence-electron chi connectivity index (χ1n) is 8.29. The minimum absolute atomic E-state index is 0.126. The molecule has 0 spiro atoms. The summed E-state index contributed by atoms with van der Waals surface area (Å²) in [5.74, 6) is 0.832. The minimum Gasteiger partial charge on any atom is -0.493 e. The van der Waals surface area contributed by atoms with Gasteiger partial charge in [-0.25, -0.2) is 4.39 Å². The van der Waals surface area contributed by atoms with E-state index in [1.165, 1.54) is 6.07 Å². The van der Waals surface area contributed by atoms with E-state index in [-0.39, 0.29) is 12.4 Å². The number of rotatable bonds is 7. The molecule has 0 radical (unpaired) electrons. The highest BCUT2D eigenvalue weighted by Gasteiger charge is 2.09. The van der Waals surface area contributed by atoms with E-state index in [0.29, 0.717) is 33.7 Å². The van der Waals surface area contributed by atoms with Crippen molar-refractivity contribution in [1.82, 2.24) is 0 Å². The number of halogens is 3. The Morgan fingerprint density at radius 1 is 0.963 bits per heavy atom. The van der Waals surface area contributed by atoms with Gasteiger partial charge in [-0.05, 0) is 42.0 Å². The average molecular weight is 406 g/mol. The van der Waals surface area contributed by atoms with Crippen LogP contribution < -0.4 is 14.8 Å². The van der Waals surface area contributed by atoms with E-state index in [9.17, 15) is 4.39 Å². The molecule has 3 nitrogen and oxygen atoms in total. The third kappa shape index (κ3) is 5.06. The number of hydrogen-bond donors (Lipinski definition) is 1. The molecule has 0 aliphatic rings. The van der Waals surface area contributed by atoms with Gasteiger partial charge < -0.3 is 14.8 Å². The van der Waals surface area contributed by atoms with Gasteiger partial charge in [-0.1, -0.05) is 47.5 Å². The molecular formula is C21H18Cl2FNO2. The molecule has 0 aliphatic heterocycles. The van der Waals surface area contributed by atoms with Crippen molar-refractivity contribution in [1.29, 1.82) is 0 Å². The molecule has 0 atom stereocenters. The van der Waals surface area contributed by atoms with Crippen LogP contribution in [0, 0.1) is 5.82 Å². The summed E-state index contributed by atoms with van der Waals surface area (Å²) in [4.78, 5) is 0. The molecule has 0 unspecified atom stereocenters. The summed E-state index contributed by atoms with van der Waals surface area (Å²) in [6.07, 6.45) is 0. The van der Waals surface area contributed by atoms with Crippen LogP contribution in [-0.2, 0) is 13.2 Å². The van der Waals surface area contributed by atoms with Gasteiger partial charge in [-0.15, -0.1) is 0 Å². The number of nitrogens with one attached hydrogen (secondary N) is 1. The Bertz CT molecular complexity index is 934. The summed E-state index contributed by atoms with van der Waals surface area (Å²) in [6, 6.07) is 17.4. The third-order valence-corrected chi connectivity index (χ3v) is 4.53. The van der Waals surface area contributed by atoms with Crippen molar-refractivity contribution in [2.75, 3.05) is 12.4 Å². The Morgan fingerprint density at radius 2 is 1.78 bits per heavy atom. The topological polar surface area (TPSA) is 30.5 Å². The van der Waals surface area contributed by atoms with Crippen molar-refractivity contribution in [3.8, 4) is 11.5 Å². The lowest BCUT2D eigenvalue weighted by atomic mass is 10.2. The quantitative estimate of drug-likeness (QED) is 0.497. The normalized spacial score (nSPS) is 10.5. The van der Waals surface area contributed by atoms with Crippen LogP contribution >= 0.6 is 23.2 Å². The predicted molar refractivity (Wildman–Crippen MR) is 108 cm³/mol. The first-order chi connectivity index (χ1) is 13.1. The van der Waals surface area contributed by atoms with Crippen LogP contribution in [0.4, 0.5) is 10.1 Å². The molecule has 0 saturated carbocycles. The summed E-state index contributed by atoms with van der Waals surface area (Å²) in [5, 5.41) is 4.40. The molecule has 6 heteroatoms. The predicted octanol–water partition coefficient (Wildman–Crippen LogP) is 6.33. The van der Waals surface area contributed by atoms with Crippen LogP contribution in [0.5, 0.6) is 11.5 Å². The lowest BCUT2D eigenvalue weighted by molar-refractivity contribution is 0.279. The summed E-state index contributed by atoms with van der Waals surface area (Å²) < 4.78 is 24.8.